The number of rotatable bonds is 7. The number of piperidine rings is 2. The molecule has 0 aromatic rings. The van der Waals surface area contributed by atoms with E-state index in [4.69, 9.17) is 5.11 Å². The van der Waals surface area contributed by atoms with Crippen LogP contribution in [-0.4, -0.2) is 47.6 Å². The fourth-order valence-corrected chi connectivity index (χ4v) is 3.71. The molecule has 2 atom stereocenters. The number of carboxylic acids is 1. The Morgan fingerprint density at radius 2 is 1.81 bits per heavy atom. The molecule has 0 aromatic heterocycles. The lowest BCUT2D eigenvalue weighted by Crippen LogP contribution is -2.50. The van der Waals surface area contributed by atoms with Crippen LogP contribution in [0.25, 0.3) is 0 Å². The average molecular weight is 296 g/mol. The highest BCUT2D eigenvalue weighted by molar-refractivity contribution is 5.75. The summed E-state index contributed by atoms with van der Waals surface area (Å²) in [7, 11) is 0. The van der Waals surface area contributed by atoms with Crippen LogP contribution in [0.2, 0.25) is 0 Å². The molecule has 0 spiro atoms. The molecular weight excluding hydrogens is 268 g/mol. The summed E-state index contributed by atoms with van der Waals surface area (Å²) in [5.74, 6) is -0.106. The number of fused-ring (bicyclic) bond motifs is 1. The molecule has 2 heterocycles. The second-order valence-corrected chi connectivity index (χ2v) is 6.41. The number of carbonyl (C=O) groups excluding carboxylic acids is 1. The predicted octanol–water partition coefficient (Wildman–Crippen LogP) is 2.01. The van der Waals surface area contributed by atoms with Gasteiger partial charge in [0.1, 0.15) is 0 Å². The van der Waals surface area contributed by atoms with Crippen LogP contribution in [0.1, 0.15) is 57.8 Å². The van der Waals surface area contributed by atoms with Gasteiger partial charge < -0.3 is 15.3 Å². The monoisotopic (exact) mass is 296 g/mol. The minimum atomic E-state index is -0.782. The van der Waals surface area contributed by atoms with Gasteiger partial charge in [-0.1, -0.05) is 6.42 Å². The van der Waals surface area contributed by atoms with Gasteiger partial charge in [0.25, 0.3) is 0 Å². The molecule has 2 N–H and O–H groups in total. The Kier molecular flexibility index (Phi) is 6.49. The van der Waals surface area contributed by atoms with Crippen molar-refractivity contribution in [1.29, 1.82) is 0 Å². The zero-order chi connectivity index (χ0) is 15.1. The summed E-state index contributed by atoms with van der Waals surface area (Å²) in [5.41, 5.74) is 0. The van der Waals surface area contributed by atoms with Gasteiger partial charge in [-0.05, 0) is 57.5 Å². The zero-order valence-electron chi connectivity index (χ0n) is 12.9. The summed E-state index contributed by atoms with van der Waals surface area (Å²) in [5, 5.41) is 11.6. The SMILES string of the molecule is O=C(O)CCCCC(=O)NC[C@@H]1CCCN2CCCC[C@@H]12. The van der Waals surface area contributed by atoms with E-state index in [1.165, 1.54) is 45.2 Å². The molecule has 2 rings (SSSR count). The van der Waals surface area contributed by atoms with Crippen LogP contribution in [0.15, 0.2) is 0 Å². The van der Waals surface area contributed by atoms with Crippen LogP contribution in [0.4, 0.5) is 0 Å². The molecule has 0 bridgehead atoms. The first-order valence-corrected chi connectivity index (χ1v) is 8.39. The molecule has 2 saturated heterocycles. The lowest BCUT2D eigenvalue weighted by Gasteiger charge is -2.44. The second kappa shape index (κ2) is 8.37. The maximum atomic E-state index is 11.8. The van der Waals surface area contributed by atoms with E-state index < -0.39 is 5.97 Å². The number of carboxylic acid groups (broad SMARTS) is 1. The van der Waals surface area contributed by atoms with Gasteiger partial charge in [0.15, 0.2) is 0 Å². The fraction of sp³-hybridized carbons (Fsp3) is 0.875. The largest absolute Gasteiger partial charge is 0.481 e. The quantitative estimate of drug-likeness (QED) is 0.705. The number of nitrogens with one attached hydrogen (secondary N) is 1. The summed E-state index contributed by atoms with van der Waals surface area (Å²) >= 11 is 0. The summed E-state index contributed by atoms with van der Waals surface area (Å²) < 4.78 is 0. The maximum absolute atomic E-state index is 11.8. The predicted molar refractivity (Wildman–Crippen MR) is 81.0 cm³/mol. The standard InChI is InChI=1S/C16H28N2O3/c19-15(8-1-2-9-16(20)21)17-12-13-6-5-11-18-10-4-3-7-14(13)18/h13-14H,1-12H2,(H,17,19)(H,20,21)/t13-,14-/m0/s1. The molecule has 0 aromatic carbocycles. The van der Waals surface area contributed by atoms with E-state index in [0.717, 1.165) is 6.54 Å². The lowest BCUT2D eigenvalue weighted by molar-refractivity contribution is -0.137. The minimum Gasteiger partial charge on any atom is -0.481 e. The van der Waals surface area contributed by atoms with Crippen LogP contribution >= 0.6 is 0 Å². The van der Waals surface area contributed by atoms with E-state index in [0.29, 0.717) is 31.2 Å². The molecule has 0 unspecified atom stereocenters. The molecule has 120 valence electrons. The van der Waals surface area contributed by atoms with E-state index in [1.807, 2.05) is 0 Å². The summed E-state index contributed by atoms with van der Waals surface area (Å²) in [6.45, 7) is 3.24. The van der Waals surface area contributed by atoms with Crippen molar-refractivity contribution in [3.8, 4) is 0 Å². The highest BCUT2D eigenvalue weighted by Crippen LogP contribution is 2.30. The van der Waals surface area contributed by atoms with E-state index in [-0.39, 0.29) is 12.3 Å². The first-order chi connectivity index (χ1) is 10.2. The smallest absolute Gasteiger partial charge is 0.303 e. The Morgan fingerprint density at radius 1 is 1.05 bits per heavy atom. The molecule has 0 radical (unpaired) electrons. The Balaban J connectivity index is 1.64. The molecule has 2 aliphatic rings. The van der Waals surface area contributed by atoms with Gasteiger partial charge in [-0.3, -0.25) is 9.59 Å². The van der Waals surface area contributed by atoms with Gasteiger partial charge in [-0.2, -0.15) is 0 Å². The van der Waals surface area contributed by atoms with E-state index in [9.17, 15) is 9.59 Å². The number of nitrogens with zero attached hydrogens (tertiary/aromatic N) is 1. The van der Waals surface area contributed by atoms with Gasteiger partial charge in [0.2, 0.25) is 5.91 Å². The molecule has 1 amide bonds. The molecular formula is C16H28N2O3. The Hall–Kier alpha value is -1.10. The lowest BCUT2D eigenvalue weighted by atomic mass is 9.83. The normalized spacial score (nSPS) is 26.1. The average Bonchev–Trinajstić information content (AvgIpc) is 2.49. The zero-order valence-corrected chi connectivity index (χ0v) is 12.9. The third kappa shape index (κ3) is 5.30. The van der Waals surface area contributed by atoms with Gasteiger partial charge in [-0.15, -0.1) is 0 Å². The van der Waals surface area contributed by atoms with Gasteiger partial charge in [0.05, 0.1) is 0 Å². The van der Waals surface area contributed by atoms with Crippen molar-refractivity contribution in [2.75, 3.05) is 19.6 Å². The van der Waals surface area contributed by atoms with E-state index in [2.05, 4.69) is 10.2 Å². The maximum Gasteiger partial charge on any atom is 0.303 e. The van der Waals surface area contributed by atoms with Crippen molar-refractivity contribution < 1.29 is 14.7 Å². The molecule has 5 nitrogen and oxygen atoms in total. The van der Waals surface area contributed by atoms with Crippen molar-refractivity contribution >= 4 is 11.9 Å². The minimum absolute atomic E-state index is 0.0771. The number of hydrogen-bond donors (Lipinski definition) is 2. The Bertz CT molecular complexity index is 357. The number of hydrogen-bond acceptors (Lipinski definition) is 3. The number of aliphatic carboxylic acids is 1. The summed E-state index contributed by atoms with van der Waals surface area (Å²) in [4.78, 5) is 24.8. The third-order valence-electron chi connectivity index (χ3n) is 4.83. The third-order valence-corrected chi connectivity index (χ3v) is 4.83. The van der Waals surface area contributed by atoms with E-state index in [1.54, 1.807) is 0 Å². The highest BCUT2D eigenvalue weighted by Gasteiger charge is 2.32. The highest BCUT2D eigenvalue weighted by atomic mass is 16.4. The van der Waals surface area contributed by atoms with Crippen LogP contribution in [0.5, 0.6) is 0 Å². The number of carbonyl (C=O) groups is 2. The van der Waals surface area contributed by atoms with Crippen LogP contribution in [-0.2, 0) is 9.59 Å². The molecule has 5 heteroatoms. The van der Waals surface area contributed by atoms with Gasteiger partial charge in [-0.25, -0.2) is 0 Å². The van der Waals surface area contributed by atoms with Crippen molar-refractivity contribution in [3.63, 3.8) is 0 Å². The molecule has 2 fully saturated rings. The first kappa shape index (κ1) is 16.3. The van der Waals surface area contributed by atoms with Crippen molar-refractivity contribution in [3.05, 3.63) is 0 Å². The summed E-state index contributed by atoms with van der Waals surface area (Å²) in [6.07, 6.45) is 8.25. The van der Waals surface area contributed by atoms with Crippen molar-refractivity contribution in [2.45, 2.75) is 63.8 Å². The molecule has 0 aliphatic carbocycles. The fourth-order valence-electron chi connectivity index (χ4n) is 3.71. The van der Waals surface area contributed by atoms with Crippen molar-refractivity contribution in [2.24, 2.45) is 5.92 Å². The molecule has 21 heavy (non-hydrogen) atoms. The second-order valence-electron chi connectivity index (χ2n) is 6.41. The van der Waals surface area contributed by atoms with Crippen LogP contribution in [0, 0.1) is 5.92 Å². The van der Waals surface area contributed by atoms with Crippen molar-refractivity contribution in [1.82, 2.24) is 10.2 Å². The van der Waals surface area contributed by atoms with E-state index >= 15 is 0 Å². The van der Waals surface area contributed by atoms with Crippen LogP contribution in [0.3, 0.4) is 0 Å². The topological polar surface area (TPSA) is 69.6 Å². The van der Waals surface area contributed by atoms with Crippen LogP contribution < -0.4 is 5.32 Å². The number of unbranched alkanes of at least 4 members (excludes halogenated alkanes) is 1. The summed E-state index contributed by atoms with van der Waals surface area (Å²) in [6, 6.07) is 0.666. The Morgan fingerprint density at radius 3 is 2.62 bits per heavy atom. The van der Waals surface area contributed by atoms with Gasteiger partial charge >= 0.3 is 5.97 Å². The first-order valence-electron chi connectivity index (χ1n) is 8.39. The van der Waals surface area contributed by atoms with Gasteiger partial charge in [0, 0.05) is 25.4 Å². The molecule has 2 aliphatic heterocycles. The molecule has 0 saturated carbocycles. The number of amides is 1. The Labute approximate surface area is 127 Å².